The average molecular weight is 373 g/mol. The molecule has 1 aromatic heterocycles. The minimum Gasteiger partial charge on any atom is -0.465 e. The lowest BCUT2D eigenvalue weighted by atomic mass is 10.1. The normalized spacial score (nSPS) is 10.3. The molecule has 3 nitrogen and oxygen atoms in total. The Labute approximate surface area is 134 Å². The van der Waals surface area contributed by atoms with Crippen LogP contribution >= 0.6 is 39.3 Å². The number of ether oxygens (including phenoxy) is 1. The van der Waals surface area contributed by atoms with Crippen molar-refractivity contribution in [3.05, 3.63) is 57.2 Å². The van der Waals surface area contributed by atoms with E-state index in [1.807, 2.05) is 18.2 Å². The summed E-state index contributed by atoms with van der Waals surface area (Å²) >= 11 is 10.9. The number of thioether (sulfide) groups is 1. The third kappa shape index (κ3) is 3.98. The van der Waals surface area contributed by atoms with Crippen LogP contribution in [0.15, 0.2) is 46.0 Å². The lowest BCUT2D eigenvalue weighted by Crippen LogP contribution is -2.01. The number of carbonyl (C=O) groups is 1. The van der Waals surface area contributed by atoms with Crippen molar-refractivity contribution in [3.63, 3.8) is 0 Å². The van der Waals surface area contributed by atoms with E-state index in [1.54, 1.807) is 30.1 Å². The highest BCUT2D eigenvalue weighted by Gasteiger charge is 2.09. The van der Waals surface area contributed by atoms with Crippen molar-refractivity contribution in [2.75, 3.05) is 7.11 Å². The molecule has 0 aliphatic heterocycles. The van der Waals surface area contributed by atoms with Crippen LogP contribution in [-0.2, 0) is 10.5 Å². The standard InChI is InChI=1S/C14H11BrClNO2S/c1-19-14(18)9-2-3-10(12(15)6-9)8-20-13-5-4-11(16)7-17-13/h2-7H,8H2,1H3. The second-order valence-electron chi connectivity index (χ2n) is 3.90. The van der Waals surface area contributed by atoms with E-state index in [2.05, 4.69) is 25.7 Å². The zero-order valence-electron chi connectivity index (χ0n) is 10.6. The molecule has 0 aliphatic rings. The predicted octanol–water partition coefficient (Wildman–Crippen LogP) is 4.58. The van der Waals surface area contributed by atoms with Crippen LogP contribution in [0.4, 0.5) is 0 Å². The number of methoxy groups -OCH3 is 1. The Kier molecular flexibility index (Phi) is 5.46. The van der Waals surface area contributed by atoms with Gasteiger partial charge in [0.25, 0.3) is 0 Å². The summed E-state index contributed by atoms with van der Waals surface area (Å²) < 4.78 is 5.56. The summed E-state index contributed by atoms with van der Waals surface area (Å²) in [6, 6.07) is 9.11. The van der Waals surface area contributed by atoms with Gasteiger partial charge < -0.3 is 4.74 Å². The quantitative estimate of drug-likeness (QED) is 0.582. The first kappa shape index (κ1) is 15.4. The Morgan fingerprint density at radius 1 is 1.40 bits per heavy atom. The second kappa shape index (κ2) is 7.11. The maximum atomic E-state index is 11.4. The number of carbonyl (C=O) groups excluding carboxylic acids is 1. The topological polar surface area (TPSA) is 39.2 Å². The van der Waals surface area contributed by atoms with Crippen molar-refractivity contribution in [3.8, 4) is 0 Å². The lowest BCUT2D eigenvalue weighted by Gasteiger charge is -2.06. The summed E-state index contributed by atoms with van der Waals surface area (Å²) in [6.45, 7) is 0. The molecule has 0 radical (unpaired) electrons. The summed E-state index contributed by atoms with van der Waals surface area (Å²) in [4.78, 5) is 15.6. The summed E-state index contributed by atoms with van der Waals surface area (Å²) in [5.41, 5.74) is 1.61. The van der Waals surface area contributed by atoms with E-state index in [1.165, 1.54) is 7.11 Å². The predicted molar refractivity (Wildman–Crippen MR) is 84.3 cm³/mol. The highest BCUT2D eigenvalue weighted by Crippen LogP contribution is 2.27. The van der Waals surface area contributed by atoms with E-state index in [4.69, 9.17) is 11.6 Å². The Morgan fingerprint density at radius 2 is 2.20 bits per heavy atom. The monoisotopic (exact) mass is 371 g/mol. The van der Waals surface area contributed by atoms with Gasteiger partial charge in [0.1, 0.15) is 0 Å². The van der Waals surface area contributed by atoms with Crippen molar-refractivity contribution in [2.45, 2.75) is 10.8 Å². The van der Waals surface area contributed by atoms with E-state index in [-0.39, 0.29) is 5.97 Å². The van der Waals surface area contributed by atoms with Gasteiger partial charge in [-0.05, 0) is 29.8 Å². The van der Waals surface area contributed by atoms with Crippen LogP contribution < -0.4 is 0 Å². The van der Waals surface area contributed by atoms with Gasteiger partial charge in [0, 0.05) is 16.4 Å². The van der Waals surface area contributed by atoms with Crippen LogP contribution in [0.5, 0.6) is 0 Å². The molecule has 0 atom stereocenters. The van der Waals surface area contributed by atoms with E-state index in [9.17, 15) is 4.79 Å². The molecule has 0 saturated carbocycles. The molecule has 0 bridgehead atoms. The van der Waals surface area contributed by atoms with Crippen molar-refractivity contribution in [1.29, 1.82) is 0 Å². The maximum absolute atomic E-state index is 11.4. The minimum atomic E-state index is -0.343. The molecule has 6 heteroatoms. The third-order valence-electron chi connectivity index (χ3n) is 2.55. The van der Waals surface area contributed by atoms with Crippen molar-refractivity contribution in [2.24, 2.45) is 0 Å². The van der Waals surface area contributed by atoms with Crippen LogP contribution in [0.25, 0.3) is 0 Å². The molecule has 20 heavy (non-hydrogen) atoms. The van der Waals surface area contributed by atoms with Gasteiger partial charge in [-0.15, -0.1) is 11.8 Å². The molecule has 1 heterocycles. The van der Waals surface area contributed by atoms with Gasteiger partial charge in [-0.1, -0.05) is 33.6 Å². The van der Waals surface area contributed by atoms with E-state index in [0.29, 0.717) is 10.6 Å². The van der Waals surface area contributed by atoms with E-state index < -0.39 is 0 Å². The summed E-state index contributed by atoms with van der Waals surface area (Å²) in [7, 11) is 1.37. The zero-order chi connectivity index (χ0) is 14.5. The van der Waals surface area contributed by atoms with E-state index >= 15 is 0 Å². The van der Waals surface area contributed by atoms with Gasteiger partial charge in [-0.25, -0.2) is 9.78 Å². The Balaban J connectivity index is 2.06. The first-order valence-corrected chi connectivity index (χ1v) is 7.87. The number of halogens is 2. The maximum Gasteiger partial charge on any atom is 0.337 e. The number of benzene rings is 1. The van der Waals surface area contributed by atoms with Crippen LogP contribution in [0, 0.1) is 0 Å². The molecule has 0 N–H and O–H groups in total. The average Bonchev–Trinajstić information content (AvgIpc) is 2.46. The lowest BCUT2D eigenvalue weighted by molar-refractivity contribution is 0.0600. The van der Waals surface area contributed by atoms with Crippen molar-refractivity contribution >= 4 is 45.3 Å². The molecular weight excluding hydrogens is 362 g/mol. The number of esters is 1. The van der Waals surface area contributed by atoms with Gasteiger partial charge in [-0.3, -0.25) is 0 Å². The summed E-state index contributed by atoms with van der Waals surface area (Å²) in [5, 5.41) is 1.52. The van der Waals surface area contributed by atoms with Gasteiger partial charge in [0.15, 0.2) is 0 Å². The number of aromatic nitrogens is 1. The highest BCUT2D eigenvalue weighted by molar-refractivity contribution is 9.10. The molecule has 2 aromatic rings. The van der Waals surface area contributed by atoms with Crippen LogP contribution in [0.1, 0.15) is 15.9 Å². The molecule has 0 fully saturated rings. The number of nitrogens with zero attached hydrogens (tertiary/aromatic N) is 1. The number of hydrogen-bond acceptors (Lipinski definition) is 4. The minimum absolute atomic E-state index is 0.343. The number of pyridine rings is 1. The van der Waals surface area contributed by atoms with Crippen molar-refractivity contribution in [1.82, 2.24) is 4.98 Å². The molecule has 0 saturated heterocycles. The van der Waals surface area contributed by atoms with E-state index in [0.717, 1.165) is 20.8 Å². The smallest absolute Gasteiger partial charge is 0.337 e. The SMILES string of the molecule is COC(=O)c1ccc(CSc2ccc(Cl)cn2)c(Br)c1. The van der Waals surface area contributed by atoms with Crippen LogP contribution in [-0.4, -0.2) is 18.1 Å². The second-order valence-corrected chi connectivity index (χ2v) is 6.19. The Morgan fingerprint density at radius 3 is 2.80 bits per heavy atom. The van der Waals surface area contributed by atoms with Gasteiger partial charge in [-0.2, -0.15) is 0 Å². The largest absolute Gasteiger partial charge is 0.465 e. The fourth-order valence-electron chi connectivity index (χ4n) is 1.51. The zero-order valence-corrected chi connectivity index (χ0v) is 13.8. The molecule has 0 spiro atoms. The van der Waals surface area contributed by atoms with Crippen LogP contribution in [0.2, 0.25) is 5.02 Å². The summed E-state index contributed by atoms with van der Waals surface area (Å²) in [6.07, 6.45) is 1.62. The van der Waals surface area contributed by atoms with Gasteiger partial charge in [0.2, 0.25) is 0 Å². The molecular formula is C14H11BrClNO2S. The summed E-state index contributed by atoms with van der Waals surface area (Å²) in [5.74, 6) is 0.403. The first-order chi connectivity index (χ1) is 9.60. The highest BCUT2D eigenvalue weighted by atomic mass is 79.9. The Bertz CT molecular complexity index is 619. The number of rotatable bonds is 4. The number of hydrogen-bond donors (Lipinski definition) is 0. The molecule has 0 amide bonds. The molecule has 0 aliphatic carbocycles. The fourth-order valence-corrected chi connectivity index (χ4v) is 3.17. The molecule has 1 aromatic carbocycles. The molecule has 0 unspecified atom stereocenters. The first-order valence-electron chi connectivity index (χ1n) is 5.71. The van der Waals surface area contributed by atoms with Crippen LogP contribution in [0.3, 0.4) is 0 Å². The molecule has 2 rings (SSSR count). The molecule has 104 valence electrons. The third-order valence-corrected chi connectivity index (χ3v) is 4.50. The fraction of sp³-hybridized carbons (Fsp3) is 0.143. The van der Waals surface area contributed by atoms with Gasteiger partial charge >= 0.3 is 5.97 Å². The Hall–Kier alpha value is -1.04. The van der Waals surface area contributed by atoms with Gasteiger partial charge in [0.05, 0.1) is 22.7 Å². The van der Waals surface area contributed by atoms with Crippen molar-refractivity contribution < 1.29 is 9.53 Å².